The van der Waals surface area contributed by atoms with Crippen LogP contribution in [0.4, 0.5) is 5.69 Å². The highest BCUT2D eigenvalue weighted by molar-refractivity contribution is 9.10. The maximum Gasteiger partial charge on any atom is 0.139 e. The van der Waals surface area contributed by atoms with Gasteiger partial charge in [-0.1, -0.05) is 23.7 Å². The van der Waals surface area contributed by atoms with Crippen molar-refractivity contribution in [2.24, 2.45) is 4.99 Å². The molecule has 0 heterocycles. The van der Waals surface area contributed by atoms with Crippen molar-refractivity contribution >= 4 is 39.4 Å². The van der Waals surface area contributed by atoms with E-state index in [4.69, 9.17) is 11.6 Å². The van der Waals surface area contributed by atoms with Crippen LogP contribution in [-0.4, -0.2) is 11.3 Å². The van der Waals surface area contributed by atoms with E-state index in [-0.39, 0.29) is 5.75 Å². The lowest BCUT2D eigenvalue weighted by Gasteiger charge is -2.11. The van der Waals surface area contributed by atoms with Crippen LogP contribution in [0.1, 0.15) is 22.3 Å². The summed E-state index contributed by atoms with van der Waals surface area (Å²) in [5.74, 6) is 0.167. The molecule has 2 nitrogen and oxygen atoms in total. The Morgan fingerprint density at radius 3 is 2.55 bits per heavy atom. The molecule has 0 atom stereocenters. The number of aliphatic imine (C=N–C) groups is 1. The average Bonchev–Trinajstić information content (AvgIpc) is 2.43. The SMILES string of the molecule is Cc1cccc(N=Cc2c(C)c(Cl)c(C)c(Br)c2O)c1. The molecule has 0 saturated carbocycles. The van der Waals surface area contributed by atoms with Crippen LogP contribution in [0.2, 0.25) is 5.02 Å². The zero-order chi connectivity index (χ0) is 14.9. The third-order valence-electron chi connectivity index (χ3n) is 3.20. The zero-order valence-corrected chi connectivity index (χ0v) is 13.9. The van der Waals surface area contributed by atoms with Crippen molar-refractivity contribution in [3.05, 3.63) is 56.0 Å². The van der Waals surface area contributed by atoms with E-state index in [2.05, 4.69) is 20.9 Å². The number of hydrogen-bond acceptors (Lipinski definition) is 2. The molecule has 0 unspecified atom stereocenters. The Morgan fingerprint density at radius 2 is 1.90 bits per heavy atom. The highest BCUT2D eigenvalue weighted by Gasteiger charge is 2.15. The topological polar surface area (TPSA) is 32.6 Å². The minimum absolute atomic E-state index is 0.167. The third-order valence-corrected chi connectivity index (χ3v) is 4.74. The first-order valence-corrected chi connectivity index (χ1v) is 7.36. The molecule has 0 radical (unpaired) electrons. The molecule has 0 fully saturated rings. The average molecular weight is 353 g/mol. The summed E-state index contributed by atoms with van der Waals surface area (Å²) in [6, 6.07) is 7.86. The highest BCUT2D eigenvalue weighted by atomic mass is 79.9. The minimum atomic E-state index is 0.167. The molecular formula is C16H15BrClNO. The molecule has 2 aromatic carbocycles. The molecule has 0 saturated heterocycles. The lowest BCUT2D eigenvalue weighted by molar-refractivity contribution is 0.470. The van der Waals surface area contributed by atoms with Gasteiger partial charge in [0.15, 0.2) is 0 Å². The molecule has 0 spiro atoms. The van der Waals surface area contributed by atoms with Crippen LogP contribution in [0.3, 0.4) is 0 Å². The monoisotopic (exact) mass is 351 g/mol. The van der Waals surface area contributed by atoms with E-state index in [1.165, 1.54) is 0 Å². The molecule has 0 aliphatic carbocycles. The fraction of sp³-hybridized carbons (Fsp3) is 0.188. The number of benzene rings is 2. The number of phenolic OH excluding ortho intramolecular Hbond substituents is 1. The second-order valence-corrected chi connectivity index (χ2v) is 5.91. The fourth-order valence-electron chi connectivity index (χ4n) is 1.97. The molecule has 0 amide bonds. The highest BCUT2D eigenvalue weighted by Crippen LogP contribution is 2.38. The first-order valence-electron chi connectivity index (χ1n) is 6.19. The fourth-order valence-corrected chi connectivity index (χ4v) is 2.70. The molecule has 2 aromatic rings. The van der Waals surface area contributed by atoms with Gasteiger partial charge in [-0.3, -0.25) is 4.99 Å². The van der Waals surface area contributed by atoms with Crippen LogP contribution in [0, 0.1) is 20.8 Å². The van der Waals surface area contributed by atoms with Crippen molar-refractivity contribution in [1.29, 1.82) is 0 Å². The maximum absolute atomic E-state index is 10.2. The molecular weight excluding hydrogens is 338 g/mol. The van der Waals surface area contributed by atoms with E-state index >= 15 is 0 Å². The number of aryl methyl sites for hydroxylation is 1. The molecule has 0 bridgehead atoms. The van der Waals surface area contributed by atoms with E-state index in [1.54, 1.807) is 6.21 Å². The van der Waals surface area contributed by atoms with Crippen LogP contribution in [0.5, 0.6) is 5.75 Å². The Hall–Kier alpha value is -1.32. The number of phenols is 1. The van der Waals surface area contributed by atoms with Gasteiger partial charge in [-0.25, -0.2) is 0 Å². The second kappa shape index (κ2) is 5.98. The van der Waals surface area contributed by atoms with Crippen molar-refractivity contribution in [1.82, 2.24) is 0 Å². The molecule has 2 rings (SSSR count). The lowest BCUT2D eigenvalue weighted by atomic mass is 10.0. The van der Waals surface area contributed by atoms with Gasteiger partial charge in [-0.05, 0) is 65.5 Å². The predicted molar refractivity (Wildman–Crippen MR) is 88.7 cm³/mol. The summed E-state index contributed by atoms with van der Waals surface area (Å²) in [5.41, 5.74) is 4.27. The van der Waals surface area contributed by atoms with Crippen LogP contribution >= 0.6 is 27.5 Å². The van der Waals surface area contributed by atoms with E-state index in [0.717, 1.165) is 22.4 Å². The predicted octanol–water partition coefficient (Wildman–Crippen LogP) is 5.48. The van der Waals surface area contributed by atoms with Crippen molar-refractivity contribution in [3.63, 3.8) is 0 Å². The second-order valence-electron chi connectivity index (χ2n) is 4.74. The molecule has 4 heteroatoms. The van der Waals surface area contributed by atoms with Crippen LogP contribution in [0.25, 0.3) is 0 Å². The zero-order valence-electron chi connectivity index (χ0n) is 11.5. The smallest absolute Gasteiger partial charge is 0.139 e. The first kappa shape index (κ1) is 15.1. The molecule has 20 heavy (non-hydrogen) atoms. The quantitative estimate of drug-likeness (QED) is 0.713. The van der Waals surface area contributed by atoms with Gasteiger partial charge in [0.2, 0.25) is 0 Å². The number of halogens is 2. The van der Waals surface area contributed by atoms with Crippen LogP contribution < -0.4 is 0 Å². The number of aromatic hydroxyl groups is 1. The summed E-state index contributed by atoms with van der Waals surface area (Å²) < 4.78 is 0.610. The maximum atomic E-state index is 10.2. The van der Waals surface area contributed by atoms with Gasteiger partial charge in [-0.2, -0.15) is 0 Å². The molecule has 0 aliphatic rings. The van der Waals surface area contributed by atoms with Gasteiger partial charge in [0.25, 0.3) is 0 Å². The first-order chi connectivity index (χ1) is 9.41. The molecule has 0 aliphatic heterocycles. The summed E-state index contributed by atoms with van der Waals surface area (Å²) in [6.07, 6.45) is 1.65. The van der Waals surface area contributed by atoms with E-state index in [9.17, 15) is 5.11 Å². The Labute approximate surface area is 132 Å². The summed E-state index contributed by atoms with van der Waals surface area (Å²) in [4.78, 5) is 4.41. The minimum Gasteiger partial charge on any atom is -0.506 e. The number of hydrogen-bond donors (Lipinski definition) is 1. The normalized spacial score (nSPS) is 11.2. The van der Waals surface area contributed by atoms with Gasteiger partial charge >= 0.3 is 0 Å². The Bertz CT molecular complexity index is 666. The van der Waals surface area contributed by atoms with E-state index in [0.29, 0.717) is 15.1 Å². The van der Waals surface area contributed by atoms with Gasteiger partial charge < -0.3 is 5.11 Å². The third kappa shape index (κ3) is 2.89. The standard InChI is InChI=1S/C16H15BrClNO/c1-9-5-4-6-12(7-9)19-8-13-10(2)15(18)11(3)14(17)16(13)20/h4-8,20H,1-3H3. The number of nitrogens with zero attached hydrogens (tertiary/aromatic N) is 1. The van der Waals surface area contributed by atoms with Crippen molar-refractivity contribution in [2.45, 2.75) is 20.8 Å². The van der Waals surface area contributed by atoms with Crippen LogP contribution in [-0.2, 0) is 0 Å². The van der Waals surface area contributed by atoms with Crippen LogP contribution in [0.15, 0.2) is 33.7 Å². The molecule has 0 aromatic heterocycles. The summed E-state index contributed by atoms with van der Waals surface area (Å²) in [5, 5.41) is 10.9. The van der Waals surface area contributed by atoms with Gasteiger partial charge in [0.05, 0.1) is 10.2 Å². The summed E-state index contributed by atoms with van der Waals surface area (Å²) >= 11 is 9.62. The molecule has 104 valence electrons. The van der Waals surface area contributed by atoms with Gasteiger partial charge in [0.1, 0.15) is 5.75 Å². The number of rotatable bonds is 2. The lowest BCUT2D eigenvalue weighted by Crippen LogP contribution is -1.94. The molecule has 1 N–H and O–H groups in total. The van der Waals surface area contributed by atoms with Gasteiger partial charge in [-0.15, -0.1) is 0 Å². The largest absolute Gasteiger partial charge is 0.506 e. The Balaban J connectivity index is 2.49. The van der Waals surface area contributed by atoms with E-state index < -0.39 is 0 Å². The Kier molecular flexibility index (Phi) is 4.51. The van der Waals surface area contributed by atoms with E-state index in [1.807, 2.05) is 45.0 Å². The summed E-state index contributed by atoms with van der Waals surface area (Å²) in [6.45, 7) is 5.75. The summed E-state index contributed by atoms with van der Waals surface area (Å²) in [7, 11) is 0. The van der Waals surface area contributed by atoms with Crippen molar-refractivity contribution in [3.8, 4) is 5.75 Å². The Morgan fingerprint density at radius 1 is 1.20 bits per heavy atom. The van der Waals surface area contributed by atoms with Crippen molar-refractivity contribution in [2.75, 3.05) is 0 Å². The van der Waals surface area contributed by atoms with Gasteiger partial charge in [0, 0.05) is 16.8 Å². The van der Waals surface area contributed by atoms with Crippen molar-refractivity contribution < 1.29 is 5.11 Å².